The zero-order valence-corrected chi connectivity index (χ0v) is 13.1. The predicted octanol–water partition coefficient (Wildman–Crippen LogP) is 1.35. The average Bonchev–Trinajstić information content (AvgIpc) is 2.87. The van der Waals surface area contributed by atoms with Gasteiger partial charge in [-0.05, 0) is 6.92 Å². The fraction of sp³-hybridized carbons (Fsp3) is 0.692. The van der Waals surface area contributed by atoms with Crippen molar-refractivity contribution in [3.63, 3.8) is 0 Å². The van der Waals surface area contributed by atoms with Crippen LogP contribution in [-0.2, 0) is 25.4 Å². The summed E-state index contributed by atoms with van der Waals surface area (Å²) in [6, 6.07) is 0. The smallest absolute Gasteiger partial charge is 0.311 e. The van der Waals surface area contributed by atoms with Gasteiger partial charge in [0, 0.05) is 32.7 Å². The van der Waals surface area contributed by atoms with Gasteiger partial charge in [0.1, 0.15) is 0 Å². The van der Waals surface area contributed by atoms with E-state index >= 15 is 0 Å². The number of hydrogen-bond donors (Lipinski definition) is 0. The van der Waals surface area contributed by atoms with Crippen molar-refractivity contribution in [2.75, 3.05) is 52.0 Å². The lowest BCUT2D eigenvalue weighted by atomic mass is 10.3. The van der Waals surface area contributed by atoms with Crippen LogP contribution in [-0.4, -0.2) is 58.1 Å². The number of nitrogens with zero attached hydrogens (tertiary/aromatic N) is 2. The lowest BCUT2D eigenvalue weighted by Gasteiger charge is -2.20. The molecule has 0 fully saturated rings. The van der Waals surface area contributed by atoms with Gasteiger partial charge in [0.25, 0.3) is 0 Å². The molecule has 1 aromatic rings. The summed E-state index contributed by atoms with van der Waals surface area (Å²) in [4.78, 5) is 18.0. The van der Waals surface area contributed by atoms with E-state index in [1.807, 2.05) is 5.38 Å². The third-order valence-corrected chi connectivity index (χ3v) is 3.52. The van der Waals surface area contributed by atoms with E-state index in [9.17, 15) is 4.79 Å². The molecule has 7 heteroatoms. The Kier molecular flexibility index (Phi) is 8.17. The molecule has 0 N–H and O–H groups in total. The highest BCUT2D eigenvalue weighted by Gasteiger charge is 2.13. The molecule has 0 aliphatic heterocycles. The minimum absolute atomic E-state index is 0.215. The normalized spacial score (nSPS) is 10.6. The number of carbonyl (C=O) groups excluding carboxylic acids is 1. The van der Waals surface area contributed by atoms with Gasteiger partial charge in [-0.25, -0.2) is 4.98 Å². The highest BCUT2D eigenvalue weighted by Crippen LogP contribution is 2.20. The van der Waals surface area contributed by atoms with E-state index in [0.29, 0.717) is 19.8 Å². The SMILES string of the molecule is CCOC(=O)Cc1csc(N(CCOC)CCOC)n1. The van der Waals surface area contributed by atoms with Crippen molar-refractivity contribution >= 4 is 22.4 Å². The van der Waals surface area contributed by atoms with Crippen molar-refractivity contribution in [2.45, 2.75) is 13.3 Å². The maximum Gasteiger partial charge on any atom is 0.311 e. The standard InChI is InChI=1S/C13H22N2O4S/c1-4-19-12(16)9-11-10-20-13(14-11)15(5-7-17-2)6-8-18-3/h10H,4-9H2,1-3H3. The first-order valence-corrected chi connectivity index (χ1v) is 7.42. The number of ether oxygens (including phenoxy) is 3. The van der Waals surface area contributed by atoms with E-state index in [-0.39, 0.29) is 12.4 Å². The van der Waals surface area contributed by atoms with Crippen molar-refractivity contribution in [2.24, 2.45) is 0 Å². The maximum absolute atomic E-state index is 11.4. The molecule has 0 radical (unpaired) electrons. The molecule has 0 unspecified atom stereocenters. The van der Waals surface area contributed by atoms with Crippen LogP contribution in [0.1, 0.15) is 12.6 Å². The Balaban J connectivity index is 2.61. The molecule has 6 nitrogen and oxygen atoms in total. The number of carbonyl (C=O) groups is 1. The van der Waals surface area contributed by atoms with Crippen LogP contribution in [0.15, 0.2) is 5.38 Å². The second-order valence-electron chi connectivity index (χ2n) is 4.08. The van der Waals surface area contributed by atoms with Crippen molar-refractivity contribution in [3.05, 3.63) is 11.1 Å². The summed E-state index contributed by atoms with van der Waals surface area (Å²) in [6.45, 7) is 4.91. The third-order valence-electron chi connectivity index (χ3n) is 2.57. The lowest BCUT2D eigenvalue weighted by molar-refractivity contribution is -0.142. The van der Waals surface area contributed by atoms with Gasteiger partial charge >= 0.3 is 5.97 Å². The average molecular weight is 302 g/mol. The van der Waals surface area contributed by atoms with E-state index in [4.69, 9.17) is 14.2 Å². The zero-order chi connectivity index (χ0) is 14.8. The van der Waals surface area contributed by atoms with Gasteiger partial charge in [-0.15, -0.1) is 11.3 Å². The molecule has 20 heavy (non-hydrogen) atoms. The summed E-state index contributed by atoms with van der Waals surface area (Å²) < 4.78 is 15.1. The summed E-state index contributed by atoms with van der Waals surface area (Å²) >= 11 is 1.51. The molecule has 0 aliphatic carbocycles. The molecule has 1 rings (SSSR count). The molecule has 1 heterocycles. The minimum Gasteiger partial charge on any atom is -0.466 e. The van der Waals surface area contributed by atoms with E-state index in [1.54, 1.807) is 21.1 Å². The molecule has 0 saturated carbocycles. The van der Waals surface area contributed by atoms with Gasteiger partial charge in [0.15, 0.2) is 5.13 Å². The number of thiazole rings is 1. The van der Waals surface area contributed by atoms with Gasteiger partial charge in [-0.1, -0.05) is 0 Å². The van der Waals surface area contributed by atoms with Crippen LogP contribution in [0.3, 0.4) is 0 Å². The monoisotopic (exact) mass is 302 g/mol. The quantitative estimate of drug-likeness (QED) is 0.608. The summed E-state index contributed by atoms with van der Waals surface area (Å²) in [5, 5.41) is 2.76. The lowest BCUT2D eigenvalue weighted by Crippen LogP contribution is -2.30. The van der Waals surface area contributed by atoms with Crippen LogP contribution in [0.5, 0.6) is 0 Å². The van der Waals surface area contributed by atoms with Gasteiger partial charge in [-0.3, -0.25) is 4.79 Å². The number of aromatic nitrogens is 1. The minimum atomic E-state index is -0.246. The van der Waals surface area contributed by atoms with Gasteiger partial charge in [0.05, 0.1) is 31.9 Å². The highest BCUT2D eigenvalue weighted by atomic mass is 32.1. The van der Waals surface area contributed by atoms with Crippen molar-refractivity contribution < 1.29 is 19.0 Å². The zero-order valence-electron chi connectivity index (χ0n) is 12.3. The topological polar surface area (TPSA) is 60.9 Å². The van der Waals surface area contributed by atoms with Gasteiger partial charge in [-0.2, -0.15) is 0 Å². The summed E-state index contributed by atoms with van der Waals surface area (Å²) in [5.41, 5.74) is 0.739. The predicted molar refractivity (Wildman–Crippen MR) is 78.4 cm³/mol. The first-order chi connectivity index (χ1) is 9.71. The van der Waals surface area contributed by atoms with E-state index < -0.39 is 0 Å². The summed E-state index contributed by atoms with van der Waals surface area (Å²) in [6.07, 6.45) is 0.215. The third kappa shape index (κ3) is 5.85. The second-order valence-corrected chi connectivity index (χ2v) is 4.91. The second kappa shape index (κ2) is 9.68. The summed E-state index contributed by atoms with van der Waals surface area (Å²) in [7, 11) is 3.34. The molecular formula is C13H22N2O4S. The first-order valence-electron chi connectivity index (χ1n) is 6.54. The fourth-order valence-electron chi connectivity index (χ4n) is 1.59. The van der Waals surface area contributed by atoms with E-state index in [1.165, 1.54) is 11.3 Å². The van der Waals surface area contributed by atoms with Crippen LogP contribution in [0, 0.1) is 0 Å². The van der Waals surface area contributed by atoms with E-state index in [2.05, 4.69) is 9.88 Å². The number of esters is 1. The Morgan fingerprint density at radius 3 is 2.50 bits per heavy atom. The Morgan fingerprint density at radius 2 is 1.95 bits per heavy atom. The highest BCUT2D eigenvalue weighted by molar-refractivity contribution is 7.13. The Morgan fingerprint density at radius 1 is 1.30 bits per heavy atom. The molecular weight excluding hydrogens is 280 g/mol. The Labute approximate surface area is 123 Å². The van der Waals surface area contributed by atoms with Crippen LogP contribution < -0.4 is 4.90 Å². The number of methoxy groups -OCH3 is 2. The van der Waals surface area contributed by atoms with Crippen LogP contribution in [0.4, 0.5) is 5.13 Å². The van der Waals surface area contributed by atoms with E-state index in [0.717, 1.165) is 23.9 Å². The molecule has 0 atom stereocenters. The largest absolute Gasteiger partial charge is 0.466 e. The molecule has 0 amide bonds. The number of hydrogen-bond acceptors (Lipinski definition) is 7. The van der Waals surface area contributed by atoms with Gasteiger partial charge in [0.2, 0.25) is 0 Å². The van der Waals surface area contributed by atoms with Gasteiger partial charge < -0.3 is 19.1 Å². The summed E-state index contributed by atoms with van der Waals surface area (Å²) in [5.74, 6) is -0.246. The van der Waals surface area contributed by atoms with Crippen LogP contribution in [0.2, 0.25) is 0 Å². The molecule has 0 aromatic carbocycles. The molecule has 114 valence electrons. The molecule has 0 spiro atoms. The Bertz CT molecular complexity index is 389. The Hall–Kier alpha value is -1.18. The fourth-order valence-corrected chi connectivity index (χ4v) is 2.47. The van der Waals surface area contributed by atoms with Crippen LogP contribution >= 0.6 is 11.3 Å². The van der Waals surface area contributed by atoms with Crippen molar-refractivity contribution in [1.82, 2.24) is 4.98 Å². The van der Waals surface area contributed by atoms with Crippen molar-refractivity contribution in [3.8, 4) is 0 Å². The van der Waals surface area contributed by atoms with Crippen LogP contribution in [0.25, 0.3) is 0 Å². The van der Waals surface area contributed by atoms with Crippen molar-refractivity contribution in [1.29, 1.82) is 0 Å². The number of anilines is 1. The first kappa shape index (κ1) is 16.9. The molecule has 0 bridgehead atoms. The molecule has 0 saturated heterocycles. The molecule has 0 aliphatic rings. The molecule has 1 aromatic heterocycles. The number of rotatable bonds is 10. The maximum atomic E-state index is 11.4.